The molecular formula is C15H8ClN5S. The fraction of sp³-hybridized carbons (Fsp3) is 0. The lowest BCUT2D eigenvalue weighted by Gasteiger charge is -2.09. The summed E-state index contributed by atoms with van der Waals surface area (Å²) in [6.07, 6.45) is 1.51. The summed E-state index contributed by atoms with van der Waals surface area (Å²) in [5.74, 6) is 0. The molecule has 0 aliphatic heterocycles. The first-order valence-corrected chi connectivity index (χ1v) is 7.32. The first-order valence-electron chi connectivity index (χ1n) is 6.12. The van der Waals surface area contributed by atoms with Crippen molar-refractivity contribution in [2.75, 3.05) is 11.5 Å². The van der Waals surface area contributed by atoms with Gasteiger partial charge in [0.15, 0.2) is 0 Å². The average Bonchev–Trinajstić information content (AvgIpc) is 2.92. The molecule has 0 saturated heterocycles. The van der Waals surface area contributed by atoms with Crippen molar-refractivity contribution < 1.29 is 0 Å². The Hall–Kier alpha value is -2.80. The zero-order valence-electron chi connectivity index (χ0n) is 11.1. The Morgan fingerprint density at radius 1 is 1.14 bits per heavy atom. The standard InChI is InChI=1S/C15H8ClN5S/c16-10-3-11(19)13(9(5-18)14(10)20)12-2-8-1-7(4-17)6-21-15(8)22-12/h1-3,6H,19-20H2. The highest BCUT2D eigenvalue weighted by Gasteiger charge is 2.18. The van der Waals surface area contributed by atoms with E-state index in [0.29, 0.717) is 16.8 Å². The van der Waals surface area contributed by atoms with Crippen molar-refractivity contribution >= 4 is 44.5 Å². The minimum Gasteiger partial charge on any atom is -0.398 e. The summed E-state index contributed by atoms with van der Waals surface area (Å²) in [6.45, 7) is 0. The number of benzene rings is 1. The second-order valence-corrected chi connectivity index (χ2v) is 6.00. The Morgan fingerprint density at radius 3 is 2.59 bits per heavy atom. The number of fused-ring (bicyclic) bond motifs is 1. The largest absolute Gasteiger partial charge is 0.398 e. The lowest BCUT2D eigenvalue weighted by Crippen LogP contribution is -1.99. The molecule has 0 unspecified atom stereocenters. The fourth-order valence-corrected chi connectivity index (χ4v) is 3.45. The quantitative estimate of drug-likeness (QED) is 0.664. The molecule has 1 aromatic carbocycles. The Labute approximate surface area is 135 Å². The van der Waals surface area contributed by atoms with Crippen molar-refractivity contribution in [3.05, 3.63) is 40.5 Å². The molecular weight excluding hydrogens is 318 g/mol. The summed E-state index contributed by atoms with van der Waals surface area (Å²) in [6, 6.07) is 9.22. The van der Waals surface area contributed by atoms with E-state index in [1.54, 1.807) is 6.07 Å². The summed E-state index contributed by atoms with van der Waals surface area (Å²) in [4.78, 5) is 5.75. The summed E-state index contributed by atoms with van der Waals surface area (Å²) in [5.41, 5.74) is 13.7. The van der Waals surface area contributed by atoms with E-state index in [2.05, 4.69) is 11.1 Å². The van der Waals surface area contributed by atoms with Crippen molar-refractivity contribution in [1.29, 1.82) is 10.5 Å². The van der Waals surface area contributed by atoms with Crippen molar-refractivity contribution in [1.82, 2.24) is 4.98 Å². The molecule has 22 heavy (non-hydrogen) atoms. The number of aromatic nitrogens is 1. The number of thiophene rings is 1. The van der Waals surface area contributed by atoms with Gasteiger partial charge in [-0.1, -0.05) is 11.6 Å². The lowest BCUT2D eigenvalue weighted by atomic mass is 10.0. The third-order valence-corrected chi connectivity index (χ3v) is 4.60. The van der Waals surface area contributed by atoms with Crippen LogP contribution in [0.4, 0.5) is 11.4 Å². The average molecular weight is 326 g/mol. The molecule has 3 aromatic rings. The molecule has 0 bridgehead atoms. The molecule has 3 rings (SSSR count). The Kier molecular flexibility index (Phi) is 3.34. The van der Waals surface area contributed by atoms with E-state index < -0.39 is 0 Å². The summed E-state index contributed by atoms with van der Waals surface area (Å²) in [7, 11) is 0. The second-order valence-electron chi connectivity index (χ2n) is 4.56. The molecule has 106 valence electrons. The number of nitrogens with two attached hydrogens (primary N) is 2. The van der Waals surface area contributed by atoms with Gasteiger partial charge in [0.1, 0.15) is 17.0 Å². The van der Waals surface area contributed by atoms with Gasteiger partial charge >= 0.3 is 0 Å². The predicted octanol–water partition coefficient (Wildman–Crippen LogP) is 3.52. The fourth-order valence-electron chi connectivity index (χ4n) is 2.18. The highest BCUT2D eigenvalue weighted by molar-refractivity contribution is 7.21. The van der Waals surface area contributed by atoms with E-state index in [4.69, 9.17) is 28.3 Å². The van der Waals surface area contributed by atoms with Crippen LogP contribution >= 0.6 is 22.9 Å². The molecule has 4 N–H and O–H groups in total. The van der Waals surface area contributed by atoms with Gasteiger partial charge in [0.25, 0.3) is 0 Å². The second kappa shape index (κ2) is 5.19. The van der Waals surface area contributed by atoms with E-state index >= 15 is 0 Å². The minimum atomic E-state index is 0.205. The van der Waals surface area contributed by atoms with E-state index in [9.17, 15) is 5.26 Å². The highest BCUT2D eigenvalue weighted by atomic mass is 35.5. The Morgan fingerprint density at radius 2 is 1.91 bits per heavy atom. The molecule has 0 atom stereocenters. The van der Waals surface area contributed by atoms with E-state index in [-0.39, 0.29) is 16.3 Å². The van der Waals surface area contributed by atoms with Crippen LogP contribution in [-0.4, -0.2) is 4.98 Å². The molecule has 2 aromatic heterocycles. The van der Waals surface area contributed by atoms with Crippen molar-refractivity contribution in [2.24, 2.45) is 0 Å². The maximum absolute atomic E-state index is 9.37. The number of nitriles is 2. The predicted molar refractivity (Wildman–Crippen MR) is 88.3 cm³/mol. The molecule has 0 saturated carbocycles. The zero-order chi connectivity index (χ0) is 15.9. The van der Waals surface area contributed by atoms with Crippen LogP contribution in [0.1, 0.15) is 11.1 Å². The lowest BCUT2D eigenvalue weighted by molar-refractivity contribution is 1.39. The smallest absolute Gasteiger partial charge is 0.123 e. The number of nitrogen functional groups attached to an aromatic ring is 2. The Balaban J connectivity index is 2.31. The maximum atomic E-state index is 9.37. The maximum Gasteiger partial charge on any atom is 0.123 e. The number of halogens is 1. The van der Waals surface area contributed by atoms with Gasteiger partial charge in [-0.05, 0) is 18.2 Å². The molecule has 7 heteroatoms. The van der Waals surface area contributed by atoms with Crippen LogP contribution in [0, 0.1) is 22.7 Å². The van der Waals surface area contributed by atoms with Crippen LogP contribution in [0.15, 0.2) is 24.4 Å². The monoisotopic (exact) mass is 325 g/mol. The number of pyridine rings is 1. The van der Waals surface area contributed by atoms with Gasteiger partial charge in [0.05, 0.1) is 21.8 Å². The van der Waals surface area contributed by atoms with Crippen LogP contribution in [0.2, 0.25) is 5.02 Å². The van der Waals surface area contributed by atoms with Gasteiger partial charge < -0.3 is 11.5 Å². The Bertz CT molecular complexity index is 994. The summed E-state index contributed by atoms with van der Waals surface area (Å²) in [5, 5.41) is 19.4. The van der Waals surface area contributed by atoms with Crippen molar-refractivity contribution in [3.63, 3.8) is 0 Å². The van der Waals surface area contributed by atoms with Gasteiger partial charge in [-0.3, -0.25) is 0 Å². The van der Waals surface area contributed by atoms with Gasteiger partial charge in [0.2, 0.25) is 0 Å². The van der Waals surface area contributed by atoms with Crippen LogP contribution < -0.4 is 11.5 Å². The van der Waals surface area contributed by atoms with Crippen molar-refractivity contribution in [2.45, 2.75) is 0 Å². The molecule has 0 aliphatic rings. The summed E-state index contributed by atoms with van der Waals surface area (Å²) < 4.78 is 0. The zero-order valence-corrected chi connectivity index (χ0v) is 12.7. The molecule has 0 amide bonds. The van der Waals surface area contributed by atoms with Crippen LogP contribution in [-0.2, 0) is 0 Å². The van der Waals surface area contributed by atoms with Gasteiger partial charge in [0, 0.05) is 27.7 Å². The highest BCUT2D eigenvalue weighted by Crippen LogP contribution is 2.41. The van der Waals surface area contributed by atoms with E-state index in [1.807, 2.05) is 12.1 Å². The molecule has 2 heterocycles. The number of anilines is 2. The number of hydrogen-bond acceptors (Lipinski definition) is 6. The number of nitrogens with zero attached hydrogens (tertiary/aromatic N) is 3. The van der Waals surface area contributed by atoms with Gasteiger partial charge in [-0.25, -0.2) is 4.98 Å². The SMILES string of the molecule is N#Cc1cnc2sc(-c3c(N)cc(Cl)c(N)c3C#N)cc2c1. The molecule has 0 aliphatic carbocycles. The molecule has 0 radical (unpaired) electrons. The first kappa shape index (κ1) is 14.2. The van der Waals surface area contributed by atoms with Crippen LogP contribution in [0.5, 0.6) is 0 Å². The van der Waals surface area contributed by atoms with E-state index in [1.165, 1.54) is 23.6 Å². The third kappa shape index (κ3) is 2.11. The van der Waals surface area contributed by atoms with Crippen LogP contribution in [0.3, 0.4) is 0 Å². The first-order chi connectivity index (χ1) is 10.5. The van der Waals surface area contributed by atoms with Gasteiger partial charge in [-0.2, -0.15) is 10.5 Å². The molecule has 0 fully saturated rings. The van der Waals surface area contributed by atoms with Crippen molar-refractivity contribution in [3.8, 4) is 22.6 Å². The minimum absolute atomic E-state index is 0.205. The van der Waals surface area contributed by atoms with Crippen LogP contribution in [0.25, 0.3) is 20.7 Å². The molecule has 0 spiro atoms. The number of rotatable bonds is 1. The number of hydrogen-bond donors (Lipinski definition) is 2. The normalized spacial score (nSPS) is 10.3. The van der Waals surface area contributed by atoms with Gasteiger partial charge in [-0.15, -0.1) is 11.3 Å². The third-order valence-electron chi connectivity index (χ3n) is 3.21. The topological polar surface area (TPSA) is 113 Å². The van der Waals surface area contributed by atoms with E-state index in [0.717, 1.165) is 15.1 Å². The summed E-state index contributed by atoms with van der Waals surface area (Å²) >= 11 is 7.35. The molecule has 5 nitrogen and oxygen atoms in total.